The monoisotopic (exact) mass is 442 g/mol. The summed E-state index contributed by atoms with van der Waals surface area (Å²) in [5.41, 5.74) is 10.6. The molecule has 0 radical (unpaired) electrons. The topological polar surface area (TPSA) is 38.0 Å². The van der Waals surface area contributed by atoms with Gasteiger partial charge in [-0.3, -0.25) is 0 Å². The molecule has 6 rings (SSSR count). The van der Waals surface area contributed by atoms with Crippen LogP contribution in [0.1, 0.15) is 27.8 Å². The highest BCUT2D eigenvalue weighted by Crippen LogP contribution is 2.45. The third kappa shape index (κ3) is 3.22. The number of nitriles is 1. The smallest absolute Gasteiger partial charge is 0.0997 e. The van der Waals surface area contributed by atoms with E-state index in [4.69, 9.17) is 4.74 Å². The molecular weight excluding hydrogens is 416 g/mol. The van der Waals surface area contributed by atoms with E-state index >= 15 is 0 Å². The third-order valence-electron chi connectivity index (χ3n) is 7.17. The Morgan fingerprint density at radius 3 is 2.53 bits per heavy atom. The highest BCUT2D eigenvalue weighted by Gasteiger charge is 2.27. The van der Waals surface area contributed by atoms with Crippen molar-refractivity contribution in [1.29, 1.82) is 5.26 Å². The molecule has 34 heavy (non-hydrogen) atoms. The van der Waals surface area contributed by atoms with Gasteiger partial charge < -0.3 is 9.30 Å². The Balaban J connectivity index is 1.55. The lowest BCUT2D eigenvalue weighted by Gasteiger charge is -2.24. The predicted octanol–water partition coefficient (Wildman–Crippen LogP) is 6.96. The number of nitrogens with zero attached hydrogens (tertiary/aromatic N) is 2. The highest BCUT2D eigenvalue weighted by molar-refractivity contribution is 6.16. The van der Waals surface area contributed by atoms with Gasteiger partial charge in [0.15, 0.2) is 0 Å². The first kappa shape index (κ1) is 20.7. The summed E-state index contributed by atoms with van der Waals surface area (Å²) in [5.74, 6) is 0. The molecule has 0 unspecified atom stereocenters. The number of para-hydroxylation sites is 1. The SMILES string of the molecule is Cc1c(C#N)c2c(c3c1c1ccccc1n3CCOCc1ccccc1)-c1ccccc1CC2. The van der Waals surface area contributed by atoms with Crippen LogP contribution in [-0.4, -0.2) is 11.2 Å². The third-order valence-corrected chi connectivity index (χ3v) is 7.17. The first-order valence-corrected chi connectivity index (χ1v) is 11.9. The van der Waals surface area contributed by atoms with Gasteiger partial charge in [-0.15, -0.1) is 0 Å². The summed E-state index contributed by atoms with van der Waals surface area (Å²) < 4.78 is 8.53. The van der Waals surface area contributed by atoms with Crippen LogP contribution in [0.2, 0.25) is 0 Å². The fourth-order valence-corrected chi connectivity index (χ4v) is 5.65. The first-order valence-electron chi connectivity index (χ1n) is 11.9. The molecule has 0 amide bonds. The highest BCUT2D eigenvalue weighted by atomic mass is 16.5. The van der Waals surface area contributed by atoms with Gasteiger partial charge in [0, 0.05) is 28.4 Å². The summed E-state index contributed by atoms with van der Waals surface area (Å²) in [4.78, 5) is 0. The minimum absolute atomic E-state index is 0.608. The zero-order chi connectivity index (χ0) is 23.1. The second-order valence-corrected chi connectivity index (χ2v) is 9.05. The molecule has 0 spiro atoms. The molecular formula is C31H26N2O. The summed E-state index contributed by atoms with van der Waals surface area (Å²) in [5, 5.41) is 12.6. The lowest BCUT2D eigenvalue weighted by molar-refractivity contribution is 0.114. The fraction of sp³-hybridized carbons (Fsp3) is 0.194. The van der Waals surface area contributed by atoms with Crippen molar-refractivity contribution < 1.29 is 4.74 Å². The molecule has 3 nitrogen and oxygen atoms in total. The van der Waals surface area contributed by atoms with Gasteiger partial charge in [-0.05, 0) is 53.6 Å². The van der Waals surface area contributed by atoms with E-state index in [1.165, 1.54) is 49.6 Å². The van der Waals surface area contributed by atoms with Crippen LogP contribution < -0.4 is 0 Å². The summed E-state index contributed by atoms with van der Waals surface area (Å²) in [7, 11) is 0. The van der Waals surface area contributed by atoms with Crippen LogP contribution in [-0.2, 0) is 30.7 Å². The summed E-state index contributed by atoms with van der Waals surface area (Å²) in [6, 6.07) is 30.1. The average molecular weight is 443 g/mol. The number of ether oxygens (including phenoxy) is 1. The quantitative estimate of drug-likeness (QED) is 0.276. The molecule has 0 N–H and O–H groups in total. The number of hydrogen-bond acceptors (Lipinski definition) is 2. The van der Waals surface area contributed by atoms with Crippen molar-refractivity contribution in [3.05, 3.63) is 107 Å². The van der Waals surface area contributed by atoms with Gasteiger partial charge >= 0.3 is 0 Å². The van der Waals surface area contributed by atoms with Crippen LogP contribution in [0.4, 0.5) is 0 Å². The van der Waals surface area contributed by atoms with Gasteiger partial charge in [-0.25, -0.2) is 0 Å². The molecule has 0 bridgehead atoms. The second kappa shape index (κ2) is 8.48. The Morgan fingerprint density at radius 1 is 0.912 bits per heavy atom. The van der Waals surface area contributed by atoms with E-state index in [1.807, 2.05) is 18.2 Å². The maximum Gasteiger partial charge on any atom is 0.0997 e. The molecule has 0 aliphatic heterocycles. The Hall–Kier alpha value is -3.87. The van der Waals surface area contributed by atoms with Gasteiger partial charge in [0.2, 0.25) is 0 Å². The van der Waals surface area contributed by atoms with Gasteiger partial charge in [-0.1, -0.05) is 72.8 Å². The zero-order valence-corrected chi connectivity index (χ0v) is 19.3. The molecule has 3 heteroatoms. The molecule has 0 saturated carbocycles. The predicted molar refractivity (Wildman–Crippen MR) is 138 cm³/mol. The van der Waals surface area contributed by atoms with Crippen molar-refractivity contribution in [3.63, 3.8) is 0 Å². The molecule has 1 aromatic heterocycles. The Kier molecular flexibility index (Phi) is 5.17. The summed E-state index contributed by atoms with van der Waals surface area (Å²) in [6.07, 6.45) is 1.88. The van der Waals surface area contributed by atoms with Crippen molar-refractivity contribution in [2.75, 3.05) is 6.61 Å². The van der Waals surface area contributed by atoms with E-state index in [1.54, 1.807) is 0 Å². The maximum absolute atomic E-state index is 10.2. The van der Waals surface area contributed by atoms with Crippen LogP contribution in [0.15, 0.2) is 78.9 Å². The van der Waals surface area contributed by atoms with E-state index in [2.05, 4.69) is 78.2 Å². The normalized spacial score (nSPS) is 12.5. The number of aromatic nitrogens is 1. The van der Waals surface area contributed by atoms with E-state index in [0.717, 1.165) is 30.5 Å². The average Bonchev–Trinajstić information content (AvgIpc) is 3.22. The van der Waals surface area contributed by atoms with Crippen LogP contribution in [0, 0.1) is 18.3 Å². The van der Waals surface area contributed by atoms with Crippen molar-refractivity contribution in [2.45, 2.75) is 32.9 Å². The van der Waals surface area contributed by atoms with Crippen molar-refractivity contribution >= 4 is 21.8 Å². The minimum Gasteiger partial charge on any atom is -0.375 e. The molecule has 0 atom stereocenters. The van der Waals surface area contributed by atoms with Gasteiger partial charge in [0.05, 0.1) is 30.4 Å². The van der Waals surface area contributed by atoms with E-state index < -0.39 is 0 Å². The van der Waals surface area contributed by atoms with E-state index in [9.17, 15) is 5.26 Å². The van der Waals surface area contributed by atoms with Gasteiger partial charge in [-0.2, -0.15) is 5.26 Å². The molecule has 1 aliphatic rings. The lowest BCUT2D eigenvalue weighted by atomic mass is 9.80. The Bertz CT molecular complexity index is 1570. The number of rotatable bonds is 5. The Labute approximate surface area is 199 Å². The molecule has 4 aromatic carbocycles. The van der Waals surface area contributed by atoms with Crippen LogP contribution in [0.5, 0.6) is 0 Å². The molecule has 1 aliphatic carbocycles. The summed E-state index contributed by atoms with van der Waals surface area (Å²) in [6.45, 7) is 4.11. The minimum atomic E-state index is 0.608. The molecule has 0 saturated heterocycles. The lowest BCUT2D eigenvalue weighted by Crippen LogP contribution is -2.11. The standard InChI is InChI=1S/C31H26N2O/c1-21-27(19-32)25-16-15-23-11-5-6-12-24(23)30(25)31-29(21)26-13-7-8-14-28(26)33(31)17-18-34-20-22-9-3-2-4-10-22/h2-14H,15-18,20H2,1H3. The fourth-order valence-electron chi connectivity index (χ4n) is 5.65. The van der Waals surface area contributed by atoms with Crippen molar-refractivity contribution in [3.8, 4) is 17.2 Å². The Morgan fingerprint density at radius 2 is 1.68 bits per heavy atom. The molecule has 1 heterocycles. The van der Waals surface area contributed by atoms with Crippen LogP contribution in [0.25, 0.3) is 32.9 Å². The number of fused-ring (bicyclic) bond motifs is 7. The van der Waals surface area contributed by atoms with Crippen molar-refractivity contribution in [1.82, 2.24) is 4.57 Å². The van der Waals surface area contributed by atoms with Crippen LogP contribution >= 0.6 is 0 Å². The number of aryl methyl sites for hydroxylation is 2. The van der Waals surface area contributed by atoms with Gasteiger partial charge in [0.25, 0.3) is 0 Å². The summed E-state index contributed by atoms with van der Waals surface area (Å²) >= 11 is 0. The number of hydrogen-bond donors (Lipinski definition) is 0. The number of benzene rings is 4. The first-order chi connectivity index (χ1) is 16.8. The second-order valence-electron chi connectivity index (χ2n) is 9.05. The molecule has 0 fully saturated rings. The van der Waals surface area contributed by atoms with E-state index in [-0.39, 0.29) is 0 Å². The molecule has 5 aromatic rings. The maximum atomic E-state index is 10.2. The van der Waals surface area contributed by atoms with Crippen molar-refractivity contribution in [2.24, 2.45) is 0 Å². The van der Waals surface area contributed by atoms with Crippen LogP contribution in [0.3, 0.4) is 0 Å². The zero-order valence-electron chi connectivity index (χ0n) is 19.3. The van der Waals surface area contributed by atoms with E-state index in [0.29, 0.717) is 13.2 Å². The largest absolute Gasteiger partial charge is 0.375 e. The van der Waals surface area contributed by atoms with Gasteiger partial charge in [0.1, 0.15) is 0 Å². The molecule has 166 valence electrons.